The van der Waals surface area contributed by atoms with E-state index in [0.717, 1.165) is 39.0 Å². The molecule has 0 bridgehead atoms. The molecule has 2 atom stereocenters. The highest BCUT2D eigenvalue weighted by atomic mass is 16.2. The molecule has 0 aromatic heterocycles. The van der Waals surface area contributed by atoms with E-state index in [9.17, 15) is 4.79 Å². The Balaban J connectivity index is 2.25. The van der Waals surface area contributed by atoms with Gasteiger partial charge in [0, 0.05) is 12.6 Å². The van der Waals surface area contributed by atoms with E-state index in [2.05, 4.69) is 36.3 Å². The number of hydrogen-bond acceptors (Lipinski definition) is 3. The van der Waals surface area contributed by atoms with E-state index in [1.165, 1.54) is 12.8 Å². The molecule has 19 heavy (non-hydrogen) atoms. The molecule has 1 amide bonds. The van der Waals surface area contributed by atoms with Crippen LogP contribution >= 0.6 is 0 Å². The molecule has 0 aromatic rings. The first kappa shape index (κ1) is 16.4. The largest absolute Gasteiger partial charge is 0.353 e. The SMILES string of the molecule is CCCC(C)NC(=O)CN1CCCC(CNCC)C1. The van der Waals surface area contributed by atoms with E-state index >= 15 is 0 Å². The number of rotatable bonds is 8. The maximum absolute atomic E-state index is 11.9. The average Bonchev–Trinajstić information content (AvgIpc) is 2.36. The minimum Gasteiger partial charge on any atom is -0.353 e. The Morgan fingerprint density at radius 2 is 2.21 bits per heavy atom. The van der Waals surface area contributed by atoms with Gasteiger partial charge in [-0.1, -0.05) is 20.3 Å². The van der Waals surface area contributed by atoms with Crippen LogP contribution in [0.25, 0.3) is 0 Å². The second kappa shape index (κ2) is 9.32. The molecule has 2 unspecified atom stereocenters. The maximum atomic E-state index is 11.9. The summed E-state index contributed by atoms with van der Waals surface area (Å²) in [5.74, 6) is 0.889. The van der Waals surface area contributed by atoms with Crippen molar-refractivity contribution in [2.75, 3.05) is 32.7 Å². The van der Waals surface area contributed by atoms with Crippen LogP contribution < -0.4 is 10.6 Å². The molecule has 0 saturated carbocycles. The topological polar surface area (TPSA) is 44.4 Å². The maximum Gasteiger partial charge on any atom is 0.234 e. The summed E-state index contributed by atoms with van der Waals surface area (Å²) in [6.45, 7) is 11.2. The van der Waals surface area contributed by atoms with Gasteiger partial charge in [-0.25, -0.2) is 0 Å². The highest BCUT2D eigenvalue weighted by Gasteiger charge is 2.21. The van der Waals surface area contributed by atoms with Crippen molar-refractivity contribution in [3.63, 3.8) is 0 Å². The van der Waals surface area contributed by atoms with Crippen molar-refractivity contribution in [2.24, 2.45) is 5.92 Å². The predicted molar refractivity (Wildman–Crippen MR) is 80.2 cm³/mol. The molecule has 1 rings (SSSR count). The smallest absolute Gasteiger partial charge is 0.234 e. The number of nitrogens with zero attached hydrogens (tertiary/aromatic N) is 1. The highest BCUT2D eigenvalue weighted by molar-refractivity contribution is 5.78. The van der Waals surface area contributed by atoms with Crippen molar-refractivity contribution < 1.29 is 4.79 Å². The fourth-order valence-corrected chi connectivity index (χ4v) is 2.84. The Labute approximate surface area is 118 Å². The summed E-state index contributed by atoms with van der Waals surface area (Å²) in [5, 5.41) is 6.50. The number of amides is 1. The predicted octanol–water partition coefficient (Wildman–Crippen LogP) is 1.61. The van der Waals surface area contributed by atoms with Crippen molar-refractivity contribution >= 4 is 5.91 Å². The van der Waals surface area contributed by atoms with E-state index in [4.69, 9.17) is 0 Å². The van der Waals surface area contributed by atoms with Gasteiger partial charge in [-0.05, 0) is 51.7 Å². The number of carbonyl (C=O) groups excluding carboxylic acids is 1. The van der Waals surface area contributed by atoms with Crippen molar-refractivity contribution in [3.05, 3.63) is 0 Å². The number of carbonyl (C=O) groups is 1. The lowest BCUT2D eigenvalue weighted by Crippen LogP contribution is -2.46. The first-order chi connectivity index (χ1) is 9.15. The monoisotopic (exact) mass is 269 g/mol. The van der Waals surface area contributed by atoms with Gasteiger partial charge in [0.2, 0.25) is 5.91 Å². The van der Waals surface area contributed by atoms with Crippen molar-refractivity contribution in [2.45, 2.75) is 52.5 Å². The van der Waals surface area contributed by atoms with Gasteiger partial charge in [0.15, 0.2) is 0 Å². The Kier molecular flexibility index (Phi) is 8.07. The zero-order chi connectivity index (χ0) is 14.1. The van der Waals surface area contributed by atoms with Crippen LogP contribution in [0.3, 0.4) is 0 Å². The minimum absolute atomic E-state index is 0.185. The van der Waals surface area contributed by atoms with E-state index < -0.39 is 0 Å². The number of likely N-dealkylation sites (tertiary alicyclic amines) is 1. The summed E-state index contributed by atoms with van der Waals surface area (Å²) >= 11 is 0. The summed E-state index contributed by atoms with van der Waals surface area (Å²) in [6, 6.07) is 0.305. The third-order valence-corrected chi connectivity index (χ3v) is 3.78. The minimum atomic E-state index is 0.185. The zero-order valence-corrected chi connectivity index (χ0v) is 12.9. The van der Waals surface area contributed by atoms with Crippen LogP contribution in [-0.2, 0) is 4.79 Å². The normalized spacial score (nSPS) is 22.2. The van der Waals surface area contributed by atoms with E-state index in [-0.39, 0.29) is 5.91 Å². The van der Waals surface area contributed by atoms with Crippen LogP contribution in [0.2, 0.25) is 0 Å². The van der Waals surface area contributed by atoms with Gasteiger partial charge in [0.05, 0.1) is 6.54 Å². The third-order valence-electron chi connectivity index (χ3n) is 3.78. The van der Waals surface area contributed by atoms with Crippen LogP contribution in [-0.4, -0.2) is 49.6 Å². The first-order valence-corrected chi connectivity index (χ1v) is 7.88. The molecular formula is C15H31N3O. The highest BCUT2D eigenvalue weighted by Crippen LogP contribution is 2.15. The lowest BCUT2D eigenvalue weighted by Gasteiger charge is -2.32. The van der Waals surface area contributed by atoms with Crippen LogP contribution in [0.4, 0.5) is 0 Å². The van der Waals surface area contributed by atoms with Gasteiger partial charge in [0.1, 0.15) is 0 Å². The van der Waals surface area contributed by atoms with Gasteiger partial charge >= 0.3 is 0 Å². The molecule has 1 aliphatic rings. The fourth-order valence-electron chi connectivity index (χ4n) is 2.84. The summed E-state index contributed by atoms with van der Waals surface area (Å²) < 4.78 is 0. The van der Waals surface area contributed by atoms with Crippen LogP contribution in [0.1, 0.15) is 46.5 Å². The summed E-state index contributed by atoms with van der Waals surface area (Å²) in [4.78, 5) is 14.3. The first-order valence-electron chi connectivity index (χ1n) is 7.88. The van der Waals surface area contributed by atoms with Crippen molar-refractivity contribution in [1.82, 2.24) is 15.5 Å². The molecule has 112 valence electrons. The quantitative estimate of drug-likeness (QED) is 0.704. The number of piperidine rings is 1. The molecule has 0 spiro atoms. The molecule has 0 aromatic carbocycles. The molecular weight excluding hydrogens is 238 g/mol. The second-order valence-corrected chi connectivity index (χ2v) is 5.81. The molecule has 1 heterocycles. The van der Waals surface area contributed by atoms with Gasteiger partial charge in [-0.2, -0.15) is 0 Å². The fraction of sp³-hybridized carbons (Fsp3) is 0.933. The lowest BCUT2D eigenvalue weighted by molar-refractivity contribution is -0.123. The summed E-state index contributed by atoms with van der Waals surface area (Å²) in [6.07, 6.45) is 4.69. The Morgan fingerprint density at radius 3 is 2.89 bits per heavy atom. The zero-order valence-electron chi connectivity index (χ0n) is 12.9. The molecule has 1 saturated heterocycles. The van der Waals surface area contributed by atoms with Gasteiger partial charge < -0.3 is 10.6 Å². The average molecular weight is 269 g/mol. The second-order valence-electron chi connectivity index (χ2n) is 5.81. The Morgan fingerprint density at radius 1 is 1.42 bits per heavy atom. The molecule has 0 aliphatic carbocycles. The molecule has 0 radical (unpaired) electrons. The molecule has 1 fully saturated rings. The van der Waals surface area contributed by atoms with E-state index in [1.807, 2.05) is 0 Å². The standard InChI is InChI=1S/C15H31N3O/c1-4-7-13(3)17-15(19)12-18-9-6-8-14(11-18)10-16-5-2/h13-14,16H,4-12H2,1-3H3,(H,17,19). The van der Waals surface area contributed by atoms with Crippen LogP contribution in [0, 0.1) is 5.92 Å². The van der Waals surface area contributed by atoms with E-state index in [0.29, 0.717) is 18.5 Å². The van der Waals surface area contributed by atoms with Crippen molar-refractivity contribution in [1.29, 1.82) is 0 Å². The number of nitrogens with one attached hydrogen (secondary N) is 2. The molecule has 4 heteroatoms. The molecule has 2 N–H and O–H groups in total. The molecule has 1 aliphatic heterocycles. The van der Waals surface area contributed by atoms with Gasteiger partial charge in [-0.3, -0.25) is 9.69 Å². The summed E-state index contributed by atoms with van der Waals surface area (Å²) in [7, 11) is 0. The van der Waals surface area contributed by atoms with Crippen LogP contribution in [0.5, 0.6) is 0 Å². The van der Waals surface area contributed by atoms with E-state index in [1.54, 1.807) is 0 Å². The lowest BCUT2D eigenvalue weighted by atomic mass is 9.98. The summed E-state index contributed by atoms with van der Waals surface area (Å²) in [5.41, 5.74) is 0. The Hall–Kier alpha value is -0.610. The Bertz CT molecular complexity index is 258. The van der Waals surface area contributed by atoms with Gasteiger partial charge in [0.25, 0.3) is 0 Å². The van der Waals surface area contributed by atoms with Gasteiger partial charge in [-0.15, -0.1) is 0 Å². The third kappa shape index (κ3) is 6.92. The van der Waals surface area contributed by atoms with Crippen LogP contribution in [0.15, 0.2) is 0 Å². The van der Waals surface area contributed by atoms with Crippen molar-refractivity contribution in [3.8, 4) is 0 Å². The number of hydrogen-bond donors (Lipinski definition) is 2. The molecule has 4 nitrogen and oxygen atoms in total.